The van der Waals surface area contributed by atoms with Gasteiger partial charge < -0.3 is 10.6 Å². The highest BCUT2D eigenvalue weighted by atomic mass is 79.9. The Morgan fingerprint density at radius 1 is 1.08 bits per heavy atom. The molecule has 0 saturated heterocycles. The number of para-hydroxylation sites is 1. The van der Waals surface area contributed by atoms with Crippen LogP contribution in [-0.2, 0) is 0 Å². The van der Waals surface area contributed by atoms with Crippen LogP contribution in [0, 0.1) is 6.92 Å². The minimum absolute atomic E-state index is 0.0159. The van der Waals surface area contributed by atoms with Crippen molar-refractivity contribution in [3.63, 3.8) is 0 Å². The van der Waals surface area contributed by atoms with Crippen LogP contribution in [0.3, 0.4) is 0 Å². The second-order valence-corrected chi connectivity index (χ2v) is 7.31. The molecule has 0 aliphatic carbocycles. The molecule has 0 aromatic heterocycles. The molecule has 0 fully saturated rings. The zero-order valence-electron chi connectivity index (χ0n) is 14.7. The number of aryl methyl sites for hydroxylation is 1. The number of halogens is 1. The smallest absolute Gasteiger partial charge is 0.257 e. The molecule has 2 amide bonds. The summed E-state index contributed by atoms with van der Waals surface area (Å²) in [5.74, 6) is -0.535. The summed E-state index contributed by atoms with van der Waals surface area (Å²) < 4.78 is 0.847. The minimum Gasteiger partial charge on any atom is -0.350 e. The zero-order valence-corrected chi connectivity index (χ0v) is 17.1. The first-order chi connectivity index (χ1) is 12.3. The van der Waals surface area contributed by atoms with E-state index < -0.39 is 0 Å². The Balaban J connectivity index is 2.09. The molecule has 2 rings (SSSR count). The predicted molar refractivity (Wildman–Crippen MR) is 112 cm³/mol. The summed E-state index contributed by atoms with van der Waals surface area (Å²) in [6.07, 6.45) is 0. The maximum Gasteiger partial charge on any atom is 0.257 e. The lowest BCUT2D eigenvalue weighted by molar-refractivity contribution is 0.0942. The summed E-state index contributed by atoms with van der Waals surface area (Å²) >= 11 is 8.62. The SMILES string of the molecule is Cc1ccc(C(=O)NC(=S)Nc2ccccc2C(=O)NC(C)C)cc1Br. The summed E-state index contributed by atoms with van der Waals surface area (Å²) in [5, 5.41) is 8.50. The maximum absolute atomic E-state index is 12.3. The van der Waals surface area contributed by atoms with Gasteiger partial charge in [-0.2, -0.15) is 0 Å². The number of hydrogen-bond acceptors (Lipinski definition) is 3. The number of carbonyl (C=O) groups is 2. The number of rotatable bonds is 4. The second kappa shape index (κ2) is 8.91. The number of benzene rings is 2. The summed E-state index contributed by atoms with van der Waals surface area (Å²) in [6.45, 7) is 5.72. The highest BCUT2D eigenvalue weighted by molar-refractivity contribution is 9.10. The average Bonchev–Trinajstić information content (AvgIpc) is 2.57. The fraction of sp³-hybridized carbons (Fsp3) is 0.211. The topological polar surface area (TPSA) is 70.2 Å². The number of carbonyl (C=O) groups excluding carboxylic acids is 2. The van der Waals surface area contributed by atoms with Crippen molar-refractivity contribution >= 4 is 50.8 Å². The molecule has 0 spiro atoms. The maximum atomic E-state index is 12.3. The molecule has 0 radical (unpaired) electrons. The summed E-state index contributed by atoms with van der Waals surface area (Å²) in [6, 6.07) is 12.3. The summed E-state index contributed by atoms with van der Waals surface area (Å²) in [5.41, 5.74) is 2.50. The fourth-order valence-corrected chi connectivity index (χ4v) is 2.77. The predicted octanol–water partition coefficient (Wildman–Crippen LogP) is 4.02. The molecule has 136 valence electrons. The van der Waals surface area contributed by atoms with E-state index in [0.717, 1.165) is 10.0 Å². The molecule has 0 saturated carbocycles. The fourth-order valence-electron chi connectivity index (χ4n) is 2.19. The number of anilines is 1. The van der Waals surface area contributed by atoms with Crippen molar-refractivity contribution < 1.29 is 9.59 Å². The van der Waals surface area contributed by atoms with Crippen molar-refractivity contribution in [3.05, 3.63) is 63.6 Å². The van der Waals surface area contributed by atoms with Crippen LogP contribution in [0.25, 0.3) is 0 Å². The van der Waals surface area contributed by atoms with Gasteiger partial charge in [0.15, 0.2) is 5.11 Å². The van der Waals surface area contributed by atoms with Crippen molar-refractivity contribution in [2.24, 2.45) is 0 Å². The van der Waals surface area contributed by atoms with Crippen LogP contribution in [-0.4, -0.2) is 23.0 Å². The van der Waals surface area contributed by atoms with Crippen molar-refractivity contribution in [3.8, 4) is 0 Å². The Labute approximate surface area is 166 Å². The molecule has 0 aliphatic rings. The van der Waals surface area contributed by atoms with Crippen LogP contribution < -0.4 is 16.0 Å². The van der Waals surface area contributed by atoms with E-state index in [1.165, 1.54) is 0 Å². The van der Waals surface area contributed by atoms with Crippen molar-refractivity contribution in [2.45, 2.75) is 26.8 Å². The van der Waals surface area contributed by atoms with E-state index >= 15 is 0 Å². The van der Waals surface area contributed by atoms with E-state index in [0.29, 0.717) is 16.8 Å². The third-order valence-corrected chi connectivity index (χ3v) is 4.56. The molecular formula is C19H20BrN3O2S. The van der Waals surface area contributed by atoms with Gasteiger partial charge in [0.1, 0.15) is 0 Å². The Hall–Kier alpha value is -2.25. The van der Waals surface area contributed by atoms with Gasteiger partial charge in [-0.1, -0.05) is 34.1 Å². The molecule has 0 bridgehead atoms. The number of hydrogen-bond donors (Lipinski definition) is 3. The van der Waals surface area contributed by atoms with Gasteiger partial charge in [0.05, 0.1) is 11.3 Å². The Morgan fingerprint density at radius 2 is 1.77 bits per heavy atom. The lowest BCUT2D eigenvalue weighted by Gasteiger charge is -2.15. The van der Waals surface area contributed by atoms with Crippen LogP contribution in [0.1, 0.15) is 40.1 Å². The van der Waals surface area contributed by atoms with Gasteiger partial charge in [-0.15, -0.1) is 0 Å². The third-order valence-electron chi connectivity index (χ3n) is 3.50. The van der Waals surface area contributed by atoms with Crippen LogP contribution in [0.2, 0.25) is 0 Å². The molecule has 0 unspecified atom stereocenters. The minimum atomic E-state index is -0.327. The molecule has 3 N–H and O–H groups in total. The normalized spacial score (nSPS) is 10.3. The van der Waals surface area contributed by atoms with Gasteiger partial charge in [-0.3, -0.25) is 14.9 Å². The van der Waals surface area contributed by atoms with Crippen LogP contribution in [0.4, 0.5) is 5.69 Å². The molecule has 5 nitrogen and oxygen atoms in total. The molecule has 2 aromatic rings. The largest absolute Gasteiger partial charge is 0.350 e. The number of thiocarbonyl (C=S) groups is 1. The molecule has 26 heavy (non-hydrogen) atoms. The van der Waals surface area contributed by atoms with Crippen LogP contribution >= 0.6 is 28.1 Å². The van der Waals surface area contributed by atoms with Gasteiger partial charge in [0.2, 0.25) is 0 Å². The Bertz CT molecular complexity index is 852. The van der Waals surface area contributed by atoms with Crippen LogP contribution in [0.5, 0.6) is 0 Å². The molecule has 0 heterocycles. The van der Waals surface area contributed by atoms with Gasteiger partial charge in [0.25, 0.3) is 11.8 Å². The Morgan fingerprint density at radius 3 is 2.42 bits per heavy atom. The van der Waals surface area contributed by atoms with Crippen molar-refractivity contribution in [2.75, 3.05) is 5.32 Å². The third kappa shape index (κ3) is 5.37. The molecule has 2 aromatic carbocycles. The highest BCUT2D eigenvalue weighted by Gasteiger charge is 2.14. The number of amides is 2. The monoisotopic (exact) mass is 433 g/mol. The molecule has 0 atom stereocenters. The van der Waals surface area contributed by atoms with Crippen LogP contribution in [0.15, 0.2) is 46.9 Å². The van der Waals surface area contributed by atoms with Crippen molar-refractivity contribution in [1.82, 2.24) is 10.6 Å². The lowest BCUT2D eigenvalue weighted by atomic mass is 10.1. The standard InChI is InChI=1S/C19H20BrN3O2S/c1-11(2)21-18(25)14-6-4-5-7-16(14)22-19(26)23-17(24)13-9-8-12(3)15(20)10-13/h4-11H,1-3H3,(H,21,25)(H2,22,23,24,26). The van der Waals surface area contributed by atoms with E-state index in [1.807, 2.05) is 26.8 Å². The van der Waals surface area contributed by atoms with Gasteiger partial charge in [-0.05, 0) is 62.8 Å². The molecule has 7 heteroatoms. The molecular weight excluding hydrogens is 414 g/mol. The van der Waals surface area contributed by atoms with Gasteiger partial charge >= 0.3 is 0 Å². The summed E-state index contributed by atoms with van der Waals surface area (Å²) in [4.78, 5) is 24.6. The van der Waals surface area contributed by atoms with Crippen molar-refractivity contribution in [1.29, 1.82) is 0 Å². The van der Waals surface area contributed by atoms with E-state index in [2.05, 4.69) is 31.9 Å². The highest BCUT2D eigenvalue weighted by Crippen LogP contribution is 2.18. The first-order valence-electron chi connectivity index (χ1n) is 8.06. The number of nitrogens with one attached hydrogen (secondary N) is 3. The quantitative estimate of drug-likeness (QED) is 0.636. The zero-order chi connectivity index (χ0) is 19.3. The van der Waals surface area contributed by atoms with E-state index in [1.54, 1.807) is 36.4 Å². The lowest BCUT2D eigenvalue weighted by Crippen LogP contribution is -2.35. The first-order valence-corrected chi connectivity index (χ1v) is 9.26. The van der Waals surface area contributed by atoms with E-state index in [9.17, 15) is 9.59 Å². The van der Waals surface area contributed by atoms with Gasteiger partial charge in [0, 0.05) is 16.1 Å². The average molecular weight is 434 g/mol. The molecule has 0 aliphatic heterocycles. The second-order valence-electron chi connectivity index (χ2n) is 6.05. The summed E-state index contributed by atoms with van der Waals surface area (Å²) in [7, 11) is 0. The Kier molecular flexibility index (Phi) is 6.88. The van der Waals surface area contributed by atoms with E-state index in [-0.39, 0.29) is 23.0 Å². The van der Waals surface area contributed by atoms with Gasteiger partial charge in [-0.25, -0.2) is 0 Å². The first kappa shape index (κ1) is 20.1. The van der Waals surface area contributed by atoms with E-state index in [4.69, 9.17) is 12.2 Å².